The third-order valence-electron chi connectivity index (χ3n) is 4.03. The smallest absolute Gasteiger partial charge is 0.125 e. The van der Waals surface area contributed by atoms with Crippen molar-refractivity contribution in [3.63, 3.8) is 0 Å². The maximum absolute atomic E-state index is 13.2. The van der Waals surface area contributed by atoms with Gasteiger partial charge < -0.3 is 9.88 Å². The zero-order chi connectivity index (χ0) is 12.5. The molecule has 0 atom stereocenters. The van der Waals surface area contributed by atoms with Crippen LogP contribution in [0.4, 0.5) is 4.39 Å². The topological polar surface area (TPSA) is 17.0 Å². The minimum absolute atomic E-state index is 0.168. The Bertz CT molecular complexity index is 553. The molecule has 0 amide bonds. The molecule has 1 aromatic carbocycles. The van der Waals surface area contributed by atoms with Gasteiger partial charge in [0.05, 0.1) is 5.52 Å². The van der Waals surface area contributed by atoms with Crippen LogP contribution in [0.1, 0.15) is 31.4 Å². The van der Waals surface area contributed by atoms with Gasteiger partial charge in [0.2, 0.25) is 0 Å². The van der Waals surface area contributed by atoms with Crippen molar-refractivity contribution in [3.8, 4) is 0 Å². The summed E-state index contributed by atoms with van der Waals surface area (Å²) in [4.78, 5) is 0. The monoisotopic (exact) mass is 246 g/mol. The number of hydrogen-bond donors (Lipinski definition) is 1. The number of aryl methyl sites for hydroxylation is 1. The molecule has 1 fully saturated rings. The van der Waals surface area contributed by atoms with Crippen molar-refractivity contribution >= 4 is 10.9 Å². The van der Waals surface area contributed by atoms with Gasteiger partial charge >= 0.3 is 0 Å². The fraction of sp³-hybridized carbons (Fsp3) is 0.467. The lowest BCUT2D eigenvalue weighted by atomic mass is 10.2. The van der Waals surface area contributed by atoms with Crippen LogP contribution >= 0.6 is 0 Å². The lowest BCUT2D eigenvalue weighted by molar-refractivity contribution is 0.514. The average molecular weight is 246 g/mol. The molecule has 1 heterocycles. The van der Waals surface area contributed by atoms with Gasteiger partial charge in [-0.25, -0.2) is 4.39 Å². The Morgan fingerprint density at radius 3 is 2.83 bits per heavy atom. The van der Waals surface area contributed by atoms with E-state index in [1.54, 1.807) is 6.07 Å². The highest BCUT2D eigenvalue weighted by Gasteiger charge is 2.15. The van der Waals surface area contributed by atoms with Gasteiger partial charge in [0.25, 0.3) is 0 Å². The van der Waals surface area contributed by atoms with Crippen molar-refractivity contribution in [1.29, 1.82) is 0 Å². The Balaban J connectivity index is 1.81. The highest BCUT2D eigenvalue weighted by Crippen LogP contribution is 2.21. The number of hydrogen-bond acceptors (Lipinski definition) is 1. The lowest BCUT2D eigenvalue weighted by Crippen LogP contribution is -2.26. The number of benzene rings is 1. The zero-order valence-corrected chi connectivity index (χ0v) is 10.7. The molecule has 96 valence electrons. The quantitative estimate of drug-likeness (QED) is 0.878. The zero-order valence-electron chi connectivity index (χ0n) is 10.7. The van der Waals surface area contributed by atoms with E-state index < -0.39 is 0 Å². The van der Waals surface area contributed by atoms with Crippen LogP contribution in [0.15, 0.2) is 24.3 Å². The minimum atomic E-state index is -0.168. The van der Waals surface area contributed by atoms with Crippen LogP contribution in [-0.2, 0) is 13.6 Å². The third-order valence-corrected chi connectivity index (χ3v) is 4.03. The summed E-state index contributed by atoms with van der Waals surface area (Å²) in [5.41, 5.74) is 2.20. The first-order chi connectivity index (χ1) is 8.74. The number of fused-ring (bicyclic) bond motifs is 1. The molecule has 0 bridgehead atoms. The molecule has 0 radical (unpaired) electrons. The molecule has 0 unspecified atom stereocenters. The summed E-state index contributed by atoms with van der Waals surface area (Å²) in [6, 6.07) is 7.80. The van der Waals surface area contributed by atoms with Gasteiger partial charge in [-0.1, -0.05) is 12.8 Å². The maximum atomic E-state index is 13.2. The lowest BCUT2D eigenvalue weighted by Gasteiger charge is -2.12. The average Bonchev–Trinajstić information content (AvgIpc) is 2.97. The first-order valence-electron chi connectivity index (χ1n) is 6.71. The molecule has 0 aliphatic heterocycles. The molecule has 1 N–H and O–H groups in total. The van der Waals surface area contributed by atoms with Crippen LogP contribution in [0.2, 0.25) is 0 Å². The summed E-state index contributed by atoms with van der Waals surface area (Å²) < 4.78 is 15.3. The molecule has 2 aromatic rings. The van der Waals surface area contributed by atoms with Crippen molar-refractivity contribution in [2.24, 2.45) is 7.05 Å². The fourth-order valence-corrected chi connectivity index (χ4v) is 2.91. The van der Waals surface area contributed by atoms with Gasteiger partial charge in [-0.05, 0) is 37.1 Å². The predicted octanol–water partition coefficient (Wildman–Crippen LogP) is 3.35. The second-order valence-corrected chi connectivity index (χ2v) is 5.26. The molecular weight excluding hydrogens is 227 g/mol. The van der Waals surface area contributed by atoms with Crippen LogP contribution in [0.3, 0.4) is 0 Å². The van der Waals surface area contributed by atoms with E-state index in [0.29, 0.717) is 6.04 Å². The van der Waals surface area contributed by atoms with Gasteiger partial charge in [0.15, 0.2) is 0 Å². The van der Waals surface area contributed by atoms with Gasteiger partial charge in [0, 0.05) is 30.7 Å². The number of aromatic nitrogens is 1. The van der Waals surface area contributed by atoms with Crippen molar-refractivity contribution in [3.05, 3.63) is 35.8 Å². The maximum Gasteiger partial charge on any atom is 0.125 e. The summed E-state index contributed by atoms with van der Waals surface area (Å²) in [5, 5.41) is 4.71. The fourth-order valence-electron chi connectivity index (χ4n) is 2.91. The first-order valence-corrected chi connectivity index (χ1v) is 6.71. The molecule has 18 heavy (non-hydrogen) atoms. The Kier molecular flexibility index (Phi) is 3.08. The first kappa shape index (κ1) is 11.7. The van der Waals surface area contributed by atoms with Gasteiger partial charge in [0.1, 0.15) is 5.82 Å². The molecule has 1 saturated carbocycles. The van der Waals surface area contributed by atoms with Gasteiger partial charge in [-0.2, -0.15) is 0 Å². The second-order valence-electron chi connectivity index (χ2n) is 5.26. The molecule has 1 aromatic heterocycles. The van der Waals surface area contributed by atoms with Crippen molar-refractivity contribution < 1.29 is 4.39 Å². The van der Waals surface area contributed by atoms with E-state index in [1.165, 1.54) is 37.4 Å². The SMILES string of the molecule is Cn1c(CNC2CCCC2)cc2ccc(F)cc21. The Hall–Kier alpha value is -1.35. The molecule has 2 nitrogen and oxygen atoms in total. The molecule has 1 aliphatic rings. The van der Waals surface area contributed by atoms with Crippen LogP contribution in [-0.4, -0.2) is 10.6 Å². The second kappa shape index (κ2) is 4.73. The van der Waals surface area contributed by atoms with Crippen LogP contribution in [0.25, 0.3) is 10.9 Å². The highest BCUT2D eigenvalue weighted by molar-refractivity contribution is 5.81. The molecule has 1 aliphatic carbocycles. The highest BCUT2D eigenvalue weighted by atomic mass is 19.1. The van der Waals surface area contributed by atoms with Crippen molar-refractivity contribution in [1.82, 2.24) is 9.88 Å². The normalized spacial score (nSPS) is 16.8. The van der Waals surface area contributed by atoms with Crippen molar-refractivity contribution in [2.75, 3.05) is 0 Å². The summed E-state index contributed by atoms with van der Waals surface area (Å²) in [6.45, 7) is 0.872. The Morgan fingerprint density at radius 2 is 2.06 bits per heavy atom. The van der Waals surface area contributed by atoms with Gasteiger partial charge in [-0.15, -0.1) is 0 Å². The van der Waals surface area contributed by atoms with Crippen LogP contribution in [0, 0.1) is 5.82 Å². The van der Waals surface area contributed by atoms with Gasteiger partial charge in [-0.3, -0.25) is 0 Å². The number of halogens is 1. The van der Waals surface area contributed by atoms with Crippen LogP contribution in [0.5, 0.6) is 0 Å². The predicted molar refractivity (Wildman–Crippen MR) is 72.0 cm³/mol. The summed E-state index contributed by atoms with van der Waals surface area (Å²) in [5.74, 6) is -0.168. The summed E-state index contributed by atoms with van der Waals surface area (Å²) in [6.07, 6.45) is 5.27. The standard InChI is InChI=1S/C15H19FN2/c1-18-14(10-17-13-4-2-3-5-13)8-11-6-7-12(16)9-15(11)18/h6-9,13,17H,2-5,10H2,1H3. The van der Waals surface area contributed by atoms with E-state index in [9.17, 15) is 4.39 Å². The number of nitrogens with zero attached hydrogens (tertiary/aromatic N) is 1. The van der Waals surface area contributed by atoms with Crippen molar-refractivity contribution in [2.45, 2.75) is 38.3 Å². The summed E-state index contributed by atoms with van der Waals surface area (Å²) in [7, 11) is 2.01. The number of rotatable bonds is 3. The number of nitrogens with one attached hydrogen (secondary N) is 1. The molecule has 3 heteroatoms. The Morgan fingerprint density at radius 1 is 1.28 bits per heavy atom. The largest absolute Gasteiger partial charge is 0.346 e. The third kappa shape index (κ3) is 2.15. The Labute approximate surface area is 107 Å². The molecule has 0 spiro atoms. The van der Waals surface area contributed by atoms with E-state index >= 15 is 0 Å². The van der Waals surface area contributed by atoms with Crippen LogP contribution < -0.4 is 5.32 Å². The molecular formula is C15H19FN2. The van der Waals surface area contributed by atoms with E-state index in [0.717, 1.165) is 17.4 Å². The van der Waals surface area contributed by atoms with E-state index in [2.05, 4.69) is 16.0 Å². The van der Waals surface area contributed by atoms with E-state index in [1.807, 2.05) is 13.1 Å². The summed E-state index contributed by atoms with van der Waals surface area (Å²) >= 11 is 0. The molecule has 3 rings (SSSR count). The molecule has 0 saturated heterocycles. The minimum Gasteiger partial charge on any atom is -0.346 e. The van der Waals surface area contributed by atoms with E-state index in [4.69, 9.17) is 0 Å². The van der Waals surface area contributed by atoms with E-state index in [-0.39, 0.29) is 5.82 Å².